The molecule has 2 aliphatic carbocycles. The van der Waals surface area contributed by atoms with Gasteiger partial charge in [-0.25, -0.2) is 4.79 Å². The van der Waals surface area contributed by atoms with Crippen molar-refractivity contribution in [2.45, 2.75) is 31.8 Å². The van der Waals surface area contributed by atoms with Crippen LogP contribution in [0.2, 0.25) is 0 Å². The first-order chi connectivity index (χ1) is 9.94. The van der Waals surface area contributed by atoms with Crippen LogP contribution in [0.1, 0.15) is 6.92 Å². The van der Waals surface area contributed by atoms with Crippen LogP contribution in [-0.4, -0.2) is 47.7 Å². The molecule has 2 amide bonds. The van der Waals surface area contributed by atoms with Crippen LogP contribution in [0.3, 0.4) is 0 Å². The fraction of sp³-hybridized carbons (Fsp3) is 0.727. The van der Waals surface area contributed by atoms with E-state index in [4.69, 9.17) is 69.6 Å². The number of hydrogen-bond donors (Lipinski definition) is 0. The molecule has 11 heteroatoms. The van der Waals surface area contributed by atoms with E-state index < -0.39 is 54.5 Å². The normalized spacial score (nSPS) is 48.8. The number of nitrogens with zero attached hydrogens (tertiary/aromatic N) is 1. The van der Waals surface area contributed by atoms with Crippen molar-refractivity contribution in [3.63, 3.8) is 0 Å². The molecule has 1 aliphatic heterocycles. The largest absolute Gasteiger partial charge is 0.331 e. The Morgan fingerprint density at radius 1 is 1.00 bits per heavy atom. The molecule has 2 bridgehead atoms. The molecule has 2 saturated carbocycles. The lowest BCUT2D eigenvalue weighted by molar-refractivity contribution is -0.197. The molecule has 22 heavy (non-hydrogen) atoms. The number of hydroxylamine groups is 2. The number of halogens is 6. The number of rotatable bonds is 1. The van der Waals surface area contributed by atoms with Crippen molar-refractivity contribution in [1.82, 2.24) is 5.06 Å². The predicted octanol–water partition coefficient (Wildman–Crippen LogP) is 2.44. The Labute approximate surface area is 155 Å². The second-order valence-corrected chi connectivity index (χ2v) is 8.94. The molecule has 1 heterocycles. The zero-order valence-electron chi connectivity index (χ0n) is 10.7. The molecule has 0 spiro atoms. The minimum atomic E-state index is -1.93. The minimum absolute atomic E-state index is 0.327. The lowest BCUT2D eigenvalue weighted by Gasteiger charge is -2.35. The van der Waals surface area contributed by atoms with Gasteiger partial charge in [0.1, 0.15) is 9.75 Å². The predicted molar refractivity (Wildman–Crippen MR) is 81.5 cm³/mol. The highest BCUT2D eigenvalue weighted by Gasteiger charge is 2.91. The maximum Gasteiger partial charge on any atom is 0.330 e. The number of fused-ring (bicyclic) bond motifs is 5. The lowest BCUT2D eigenvalue weighted by Crippen LogP contribution is -2.51. The summed E-state index contributed by atoms with van der Waals surface area (Å²) in [4.78, 5) is 37.1. The Bertz CT molecular complexity index is 571. The molecule has 3 fully saturated rings. The summed E-state index contributed by atoms with van der Waals surface area (Å²) in [5, 5.41) is -1.81. The summed E-state index contributed by atoms with van der Waals surface area (Å²) >= 11 is 37.9. The number of imide groups is 1. The standard InChI is InChI=1S/C11H7Cl6NO4/c1-2(19)22-18-7(20)3-4(8(18)21)10(15)6(13)5(12)9(3,14)11(10,16)17/h3-6H,1H3. The highest BCUT2D eigenvalue weighted by Crippen LogP contribution is 2.76. The van der Waals surface area contributed by atoms with E-state index in [2.05, 4.69) is 4.84 Å². The summed E-state index contributed by atoms with van der Waals surface area (Å²) < 4.78 is -1.93. The molecule has 0 radical (unpaired) electrons. The molecule has 6 atom stereocenters. The molecular formula is C11H7Cl6NO4. The van der Waals surface area contributed by atoms with Gasteiger partial charge in [-0.3, -0.25) is 9.59 Å². The summed E-state index contributed by atoms with van der Waals surface area (Å²) in [5.74, 6) is -5.09. The first-order valence-corrected chi connectivity index (χ1v) is 8.42. The van der Waals surface area contributed by atoms with Crippen molar-refractivity contribution in [1.29, 1.82) is 0 Å². The number of alkyl halides is 6. The van der Waals surface area contributed by atoms with Crippen molar-refractivity contribution in [3.05, 3.63) is 0 Å². The van der Waals surface area contributed by atoms with Gasteiger partial charge in [0.05, 0.1) is 22.6 Å². The zero-order valence-corrected chi connectivity index (χ0v) is 15.2. The molecule has 0 aromatic heterocycles. The molecule has 6 unspecified atom stereocenters. The van der Waals surface area contributed by atoms with E-state index in [0.29, 0.717) is 5.06 Å². The Morgan fingerprint density at radius 3 is 1.68 bits per heavy atom. The van der Waals surface area contributed by atoms with Gasteiger partial charge in [-0.2, -0.15) is 0 Å². The van der Waals surface area contributed by atoms with E-state index in [1.165, 1.54) is 0 Å². The monoisotopic (exact) mass is 427 g/mol. The number of carbonyl (C=O) groups is 3. The SMILES string of the molecule is CC(=O)ON1C(=O)C2C(C1=O)C1(Cl)C(Cl)C(Cl)C2(Cl)C1(Cl)Cl. The van der Waals surface area contributed by atoms with Gasteiger partial charge in [0.15, 0.2) is 4.33 Å². The summed E-state index contributed by atoms with van der Waals surface area (Å²) in [6.45, 7) is 1.04. The smallest absolute Gasteiger partial charge is 0.330 e. The van der Waals surface area contributed by atoms with E-state index in [0.717, 1.165) is 6.92 Å². The van der Waals surface area contributed by atoms with Crippen LogP contribution in [-0.2, 0) is 19.2 Å². The minimum Gasteiger partial charge on any atom is -0.331 e. The van der Waals surface area contributed by atoms with Gasteiger partial charge in [0, 0.05) is 6.92 Å². The van der Waals surface area contributed by atoms with E-state index in [1.54, 1.807) is 0 Å². The fourth-order valence-corrected chi connectivity index (χ4v) is 6.85. The van der Waals surface area contributed by atoms with E-state index in [9.17, 15) is 14.4 Å². The first-order valence-electron chi connectivity index (χ1n) is 6.04. The van der Waals surface area contributed by atoms with Crippen molar-refractivity contribution < 1.29 is 19.2 Å². The second kappa shape index (κ2) is 4.70. The van der Waals surface area contributed by atoms with Gasteiger partial charge in [-0.05, 0) is 0 Å². The topological polar surface area (TPSA) is 63.7 Å². The van der Waals surface area contributed by atoms with Gasteiger partial charge >= 0.3 is 5.97 Å². The molecule has 5 nitrogen and oxygen atoms in total. The number of amides is 2. The number of hydrogen-bond acceptors (Lipinski definition) is 4. The molecule has 3 aliphatic rings. The summed E-state index contributed by atoms with van der Waals surface area (Å²) in [5.41, 5.74) is 0. The molecule has 1 saturated heterocycles. The van der Waals surface area contributed by atoms with Gasteiger partial charge in [0.2, 0.25) is 0 Å². The van der Waals surface area contributed by atoms with Crippen LogP contribution in [0.15, 0.2) is 0 Å². The summed E-state index contributed by atoms with van der Waals surface area (Å²) in [6.07, 6.45) is 0. The molecule has 3 rings (SSSR count). The number of carbonyl (C=O) groups excluding carboxylic acids is 3. The maximum atomic E-state index is 12.5. The van der Waals surface area contributed by atoms with Crippen molar-refractivity contribution in [2.24, 2.45) is 11.8 Å². The third kappa shape index (κ3) is 1.54. The van der Waals surface area contributed by atoms with Gasteiger partial charge in [-0.1, -0.05) is 23.2 Å². The second-order valence-electron chi connectivity index (χ2n) is 5.42. The van der Waals surface area contributed by atoms with E-state index in [1.807, 2.05) is 0 Å². The van der Waals surface area contributed by atoms with Crippen LogP contribution in [0.4, 0.5) is 0 Å². The summed E-state index contributed by atoms with van der Waals surface area (Å²) in [6, 6.07) is 0. The van der Waals surface area contributed by atoms with Crippen LogP contribution in [0.5, 0.6) is 0 Å². The van der Waals surface area contributed by atoms with Crippen molar-refractivity contribution in [2.75, 3.05) is 0 Å². The van der Waals surface area contributed by atoms with E-state index >= 15 is 0 Å². The van der Waals surface area contributed by atoms with Crippen molar-refractivity contribution >= 4 is 87.4 Å². The Hall–Kier alpha value is 0.350. The zero-order chi connectivity index (χ0) is 16.8. The third-order valence-electron chi connectivity index (χ3n) is 4.41. The van der Waals surface area contributed by atoms with Crippen LogP contribution in [0.25, 0.3) is 0 Å². The molecular weight excluding hydrogens is 423 g/mol. The Morgan fingerprint density at radius 2 is 1.36 bits per heavy atom. The van der Waals surface area contributed by atoms with Crippen LogP contribution < -0.4 is 0 Å². The van der Waals surface area contributed by atoms with Crippen molar-refractivity contribution in [3.8, 4) is 0 Å². The summed E-state index contributed by atoms with van der Waals surface area (Å²) in [7, 11) is 0. The molecule has 122 valence electrons. The van der Waals surface area contributed by atoms with Crippen LogP contribution >= 0.6 is 69.6 Å². The fourth-order valence-electron chi connectivity index (χ4n) is 3.51. The average molecular weight is 430 g/mol. The molecule has 0 aromatic rings. The highest BCUT2D eigenvalue weighted by molar-refractivity contribution is 6.63. The average Bonchev–Trinajstić information content (AvgIpc) is 2.78. The molecule has 0 aromatic carbocycles. The first kappa shape index (κ1) is 17.2. The lowest BCUT2D eigenvalue weighted by atomic mass is 9.79. The Balaban J connectivity index is 2.17. The highest BCUT2D eigenvalue weighted by atomic mass is 35.5. The maximum absolute atomic E-state index is 12.5. The third-order valence-corrected chi connectivity index (χ3v) is 9.10. The Kier molecular flexibility index (Phi) is 3.67. The van der Waals surface area contributed by atoms with Crippen LogP contribution in [0, 0.1) is 11.8 Å². The van der Waals surface area contributed by atoms with Gasteiger partial charge in [-0.15, -0.1) is 51.5 Å². The van der Waals surface area contributed by atoms with E-state index in [-0.39, 0.29) is 0 Å². The van der Waals surface area contributed by atoms with Gasteiger partial charge in [0.25, 0.3) is 11.8 Å². The van der Waals surface area contributed by atoms with Gasteiger partial charge < -0.3 is 4.84 Å². The molecule has 0 N–H and O–H groups in total. The quantitative estimate of drug-likeness (QED) is 0.474.